The molecule has 0 saturated carbocycles. The van der Waals surface area contributed by atoms with Gasteiger partial charge in [-0.15, -0.1) is 0 Å². The Kier molecular flexibility index (Phi) is 6.28. The third kappa shape index (κ3) is 4.22. The summed E-state index contributed by atoms with van der Waals surface area (Å²) in [5, 5.41) is 0.462. The number of hydrogen-bond acceptors (Lipinski definition) is 6. The summed E-state index contributed by atoms with van der Waals surface area (Å²) in [6.45, 7) is 2.91. The molecular formula is C19H22N2O4S2. The van der Waals surface area contributed by atoms with Crippen LogP contribution in [-0.4, -0.2) is 39.6 Å². The number of ether oxygens (including phenoxy) is 2. The van der Waals surface area contributed by atoms with Crippen LogP contribution in [0.2, 0.25) is 0 Å². The van der Waals surface area contributed by atoms with E-state index < -0.39 is 10.0 Å². The van der Waals surface area contributed by atoms with Gasteiger partial charge in [-0.05, 0) is 49.7 Å². The molecule has 3 rings (SSSR count). The SMILES string of the molecule is CCOc1ccccc1N(C1=NCCCS1)S(=O)(=O)c1ccc(OC)cc1. The Bertz CT molecular complexity index is 912. The average molecular weight is 407 g/mol. The Hall–Kier alpha value is -2.19. The van der Waals surface area contributed by atoms with Gasteiger partial charge in [0.15, 0.2) is 5.17 Å². The second-order valence-corrected chi connectivity index (χ2v) is 8.56. The van der Waals surface area contributed by atoms with Crippen LogP contribution in [0.25, 0.3) is 0 Å². The summed E-state index contributed by atoms with van der Waals surface area (Å²) in [4.78, 5) is 4.65. The van der Waals surface area contributed by atoms with E-state index in [2.05, 4.69) is 4.99 Å². The van der Waals surface area contributed by atoms with Crippen molar-refractivity contribution in [3.63, 3.8) is 0 Å². The molecule has 0 unspecified atom stereocenters. The topological polar surface area (TPSA) is 68.2 Å². The lowest BCUT2D eigenvalue weighted by Crippen LogP contribution is -2.37. The van der Waals surface area contributed by atoms with Crippen LogP contribution in [0.4, 0.5) is 5.69 Å². The summed E-state index contributed by atoms with van der Waals surface area (Å²) in [5.41, 5.74) is 0.461. The second-order valence-electron chi connectivity index (χ2n) is 5.71. The first kappa shape index (κ1) is 19.6. The van der Waals surface area contributed by atoms with Gasteiger partial charge < -0.3 is 9.47 Å². The molecule has 1 aliphatic rings. The van der Waals surface area contributed by atoms with Gasteiger partial charge >= 0.3 is 0 Å². The summed E-state index contributed by atoms with van der Waals surface area (Å²) in [7, 11) is -2.33. The number of amidine groups is 1. The molecule has 1 heterocycles. The van der Waals surface area contributed by atoms with Gasteiger partial charge in [0.2, 0.25) is 0 Å². The highest BCUT2D eigenvalue weighted by Gasteiger charge is 2.32. The molecule has 27 heavy (non-hydrogen) atoms. The maximum absolute atomic E-state index is 13.5. The minimum absolute atomic E-state index is 0.170. The largest absolute Gasteiger partial charge is 0.497 e. The molecule has 0 spiro atoms. The van der Waals surface area contributed by atoms with Crippen LogP contribution in [-0.2, 0) is 10.0 Å². The third-order valence-electron chi connectivity index (χ3n) is 3.94. The molecule has 0 bridgehead atoms. The second kappa shape index (κ2) is 8.67. The van der Waals surface area contributed by atoms with Crippen molar-refractivity contribution >= 4 is 32.6 Å². The zero-order valence-electron chi connectivity index (χ0n) is 15.3. The molecule has 0 aliphatic carbocycles. The lowest BCUT2D eigenvalue weighted by atomic mass is 10.3. The van der Waals surface area contributed by atoms with E-state index in [-0.39, 0.29) is 4.90 Å². The molecule has 0 atom stereocenters. The van der Waals surface area contributed by atoms with Crippen molar-refractivity contribution in [1.82, 2.24) is 0 Å². The smallest absolute Gasteiger partial charge is 0.270 e. The number of nitrogens with zero attached hydrogens (tertiary/aromatic N) is 2. The van der Waals surface area contributed by atoms with Crippen molar-refractivity contribution in [3.05, 3.63) is 48.5 Å². The van der Waals surface area contributed by atoms with E-state index in [9.17, 15) is 8.42 Å². The van der Waals surface area contributed by atoms with Crippen LogP contribution in [0.3, 0.4) is 0 Å². The first-order valence-corrected chi connectivity index (χ1v) is 11.1. The van der Waals surface area contributed by atoms with Crippen LogP contribution >= 0.6 is 11.8 Å². The number of methoxy groups -OCH3 is 1. The predicted molar refractivity (Wildman–Crippen MR) is 110 cm³/mol. The minimum atomic E-state index is -3.87. The Morgan fingerprint density at radius 2 is 1.89 bits per heavy atom. The van der Waals surface area contributed by atoms with Gasteiger partial charge in [-0.25, -0.2) is 12.7 Å². The maximum Gasteiger partial charge on any atom is 0.270 e. The van der Waals surface area contributed by atoms with E-state index in [0.717, 1.165) is 12.2 Å². The molecule has 0 aromatic heterocycles. The number of hydrogen-bond donors (Lipinski definition) is 0. The molecule has 6 nitrogen and oxygen atoms in total. The standard InChI is InChI=1S/C19H22N2O4S2/c1-3-25-18-8-5-4-7-17(18)21(19-20-13-6-14-26-19)27(22,23)16-11-9-15(24-2)10-12-16/h4-5,7-12H,3,6,13-14H2,1-2H3. The van der Waals surface area contributed by atoms with E-state index in [1.165, 1.54) is 16.1 Å². The summed E-state index contributed by atoms with van der Waals surface area (Å²) >= 11 is 1.44. The number of anilines is 1. The van der Waals surface area contributed by atoms with E-state index in [0.29, 0.717) is 35.5 Å². The van der Waals surface area contributed by atoms with Crippen molar-refractivity contribution in [2.45, 2.75) is 18.2 Å². The molecule has 0 fully saturated rings. The predicted octanol–water partition coefficient (Wildman–Crippen LogP) is 3.78. The Labute approximate surface area is 164 Å². The minimum Gasteiger partial charge on any atom is -0.497 e. The normalized spacial score (nSPS) is 14.4. The fraction of sp³-hybridized carbons (Fsp3) is 0.316. The highest BCUT2D eigenvalue weighted by atomic mass is 32.2. The summed E-state index contributed by atoms with van der Waals surface area (Å²) in [6, 6.07) is 13.5. The number of para-hydroxylation sites is 2. The maximum atomic E-state index is 13.5. The van der Waals surface area contributed by atoms with E-state index in [4.69, 9.17) is 9.47 Å². The Morgan fingerprint density at radius 3 is 2.52 bits per heavy atom. The van der Waals surface area contributed by atoms with Gasteiger partial charge in [-0.1, -0.05) is 23.9 Å². The molecule has 8 heteroatoms. The molecule has 2 aromatic carbocycles. The zero-order valence-corrected chi connectivity index (χ0v) is 16.9. The zero-order chi connectivity index (χ0) is 19.3. The van der Waals surface area contributed by atoms with Crippen LogP contribution in [0.5, 0.6) is 11.5 Å². The van der Waals surface area contributed by atoms with Gasteiger partial charge in [0, 0.05) is 12.3 Å². The number of thioether (sulfide) groups is 1. The Morgan fingerprint density at radius 1 is 1.15 bits per heavy atom. The fourth-order valence-corrected chi connectivity index (χ4v) is 5.33. The highest BCUT2D eigenvalue weighted by molar-refractivity contribution is 8.15. The van der Waals surface area contributed by atoms with Crippen LogP contribution < -0.4 is 13.8 Å². The number of aliphatic imine (C=N–C) groups is 1. The molecule has 1 aliphatic heterocycles. The van der Waals surface area contributed by atoms with Crippen LogP contribution in [0, 0.1) is 0 Å². The molecular weight excluding hydrogens is 384 g/mol. The first-order valence-electron chi connectivity index (χ1n) is 8.66. The lowest BCUT2D eigenvalue weighted by molar-refractivity contribution is 0.341. The van der Waals surface area contributed by atoms with Gasteiger partial charge in [-0.2, -0.15) is 0 Å². The molecule has 2 aromatic rings. The Balaban J connectivity index is 2.13. The van der Waals surface area contributed by atoms with Gasteiger partial charge in [0.05, 0.1) is 18.6 Å². The van der Waals surface area contributed by atoms with Crippen molar-refractivity contribution in [3.8, 4) is 11.5 Å². The summed E-state index contributed by atoms with van der Waals surface area (Å²) in [5.74, 6) is 1.93. The van der Waals surface area contributed by atoms with Crippen molar-refractivity contribution in [2.24, 2.45) is 4.99 Å². The van der Waals surface area contributed by atoms with Crippen molar-refractivity contribution < 1.29 is 17.9 Å². The van der Waals surface area contributed by atoms with Gasteiger partial charge in [0.1, 0.15) is 17.2 Å². The van der Waals surface area contributed by atoms with Gasteiger partial charge in [0.25, 0.3) is 10.0 Å². The first-order chi connectivity index (χ1) is 13.1. The van der Waals surface area contributed by atoms with E-state index in [1.54, 1.807) is 49.6 Å². The van der Waals surface area contributed by atoms with Crippen LogP contribution in [0.1, 0.15) is 13.3 Å². The monoisotopic (exact) mass is 406 g/mol. The van der Waals surface area contributed by atoms with Crippen molar-refractivity contribution in [2.75, 3.05) is 30.3 Å². The molecule has 0 radical (unpaired) electrons. The molecule has 0 amide bonds. The number of benzene rings is 2. The highest BCUT2D eigenvalue weighted by Crippen LogP contribution is 2.36. The third-order valence-corrected chi connectivity index (χ3v) is 6.83. The number of sulfonamides is 1. The average Bonchev–Trinajstić information content (AvgIpc) is 2.70. The van der Waals surface area contributed by atoms with Gasteiger partial charge in [-0.3, -0.25) is 4.99 Å². The fourth-order valence-electron chi connectivity index (χ4n) is 2.66. The van der Waals surface area contributed by atoms with Crippen molar-refractivity contribution in [1.29, 1.82) is 0 Å². The van der Waals surface area contributed by atoms with E-state index >= 15 is 0 Å². The molecule has 0 saturated heterocycles. The quantitative estimate of drug-likeness (QED) is 0.730. The van der Waals surface area contributed by atoms with Crippen LogP contribution in [0.15, 0.2) is 58.4 Å². The number of rotatable bonds is 6. The molecule has 0 N–H and O–H groups in total. The molecule has 144 valence electrons. The van der Waals surface area contributed by atoms with E-state index in [1.807, 2.05) is 13.0 Å². The summed E-state index contributed by atoms with van der Waals surface area (Å²) < 4.78 is 39.2. The lowest BCUT2D eigenvalue weighted by Gasteiger charge is -2.28. The summed E-state index contributed by atoms with van der Waals surface area (Å²) in [6.07, 6.45) is 0.928.